The largest absolute Gasteiger partial charge is 0.394 e. The third-order valence-corrected chi connectivity index (χ3v) is 2.09. The number of nitrogens with two attached hydrogens (primary N) is 1. The van der Waals surface area contributed by atoms with Gasteiger partial charge in [-0.25, -0.2) is 9.97 Å². The van der Waals surface area contributed by atoms with Crippen LogP contribution in [-0.4, -0.2) is 31.7 Å². The molecule has 2 rings (SSSR count). The van der Waals surface area contributed by atoms with E-state index in [-0.39, 0.29) is 5.28 Å². The van der Waals surface area contributed by atoms with E-state index in [0.717, 1.165) is 5.82 Å². The van der Waals surface area contributed by atoms with Gasteiger partial charge in [-0.3, -0.25) is 5.10 Å². The first-order chi connectivity index (χ1) is 7.75. The van der Waals surface area contributed by atoms with Gasteiger partial charge in [0.1, 0.15) is 12.2 Å². The Balaban J connectivity index is 1.92. The highest BCUT2D eigenvalue weighted by Gasteiger charge is 2.02. The van der Waals surface area contributed by atoms with E-state index in [1.54, 1.807) is 0 Å². The molecule has 0 unspecified atom stereocenters. The van der Waals surface area contributed by atoms with Crippen molar-refractivity contribution < 1.29 is 0 Å². The topological polar surface area (TPSA) is 105 Å². The monoisotopic (exact) mass is 239 g/mol. The number of aromatic nitrogens is 5. The molecule has 0 aliphatic rings. The van der Waals surface area contributed by atoms with Crippen molar-refractivity contribution in [1.29, 1.82) is 0 Å². The molecular formula is C8H10ClN7. The van der Waals surface area contributed by atoms with E-state index < -0.39 is 0 Å². The van der Waals surface area contributed by atoms with Crippen LogP contribution in [-0.2, 0) is 6.42 Å². The number of nitrogens with one attached hydrogen (secondary N) is 2. The fourth-order valence-corrected chi connectivity index (χ4v) is 1.30. The van der Waals surface area contributed by atoms with E-state index >= 15 is 0 Å². The van der Waals surface area contributed by atoms with E-state index in [1.807, 2.05) is 0 Å². The molecule has 0 aliphatic carbocycles. The molecule has 0 atom stereocenters. The van der Waals surface area contributed by atoms with Crippen LogP contribution in [0.5, 0.6) is 0 Å². The van der Waals surface area contributed by atoms with Gasteiger partial charge in [0.2, 0.25) is 5.28 Å². The third-order valence-electron chi connectivity index (χ3n) is 1.91. The highest BCUT2D eigenvalue weighted by Crippen LogP contribution is 2.15. The van der Waals surface area contributed by atoms with Crippen LogP contribution in [0, 0.1) is 0 Å². The Kier molecular flexibility index (Phi) is 3.16. The average molecular weight is 240 g/mol. The molecule has 2 aromatic heterocycles. The minimum atomic E-state index is 0.163. The fourth-order valence-electron chi connectivity index (χ4n) is 1.16. The van der Waals surface area contributed by atoms with E-state index in [2.05, 4.69) is 30.5 Å². The van der Waals surface area contributed by atoms with Gasteiger partial charge in [-0.05, 0) is 11.6 Å². The predicted molar refractivity (Wildman–Crippen MR) is 60.0 cm³/mol. The molecule has 16 heavy (non-hydrogen) atoms. The molecule has 2 heterocycles. The van der Waals surface area contributed by atoms with E-state index in [9.17, 15) is 0 Å². The molecule has 0 fully saturated rings. The molecule has 8 heteroatoms. The van der Waals surface area contributed by atoms with Crippen molar-refractivity contribution in [1.82, 2.24) is 25.1 Å². The van der Waals surface area contributed by atoms with Crippen molar-refractivity contribution >= 4 is 23.1 Å². The maximum absolute atomic E-state index is 5.67. The second-order valence-corrected chi connectivity index (χ2v) is 3.39. The average Bonchev–Trinajstić information content (AvgIpc) is 2.76. The SMILES string of the molecule is Nc1cnc(Cl)nc1NCCc1ncn[nH]1. The first kappa shape index (κ1) is 10.6. The summed E-state index contributed by atoms with van der Waals surface area (Å²) in [6.07, 6.45) is 3.62. The van der Waals surface area contributed by atoms with Gasteiger partial charge in [-0.15, -0.1) is 0 Å². The quantitative estimate of drug-likeness (QED) is 0.671. The van der Waals surface area contributed by atoms with Crippen molar-refractivity contribution in [3.05, 3.63) is 23.6 Å². The number of aromatic amines is 1. The standard InChI is InChI=1S/C8H10ClN7/c9-8-12-3-5(10)7(15-8)11-2-1-6-13-4-14-16-6/h3-4H,1-2,10H2,(H,11,12,15)(H,13,14,16). The van der Waals surface area contributed by atoms with E-state index in [0.29, 0.717) is 24.5 Å². The lowest BCUT2D eigenvalue weighted by molar-refractivity contribution is 0.896. The summed E-state index contributed by atoms with van der Waals surface area (Å²) in [5.41, 5.74) is 6.13. The predicted octanol–water partition coefficient (Wildman–Crippen LogP) is 0.485. The number of rotatable bonds is 4. The Hall–Kier alpha value is -1.89. The number of nitrogen functional groups attached to an aromatic ring is 1. The van der Waals surface area contributed by atoms with Gasteiger partial charge in [-0.1, -0.05) is 0 Å². The van der Waals surface area contributed by atoms with Crippen LogP contribution in [0.25, 0.3) is 0 Å². The summed E-state index contributed by atoms with van der Waals surface area (Å²) < 4.78 is 0. The molecule has 84 valence electrons. The lowest BCUT2D eigenvalue weighted by atomic mass is 10.4. The van der Waals surface area contributed by atoms with Crippen LogP contribution >= 0.6 is 11.6 Å². The molecule has 0 aliphatic heterocycles. The van der Waals surface area contributed by atoms with E-state index in [1.165, 1.54) is 12.5 Å². The first-order valence-electron chi connectivity index (χ1n) is 4.62. The van der Waals surface area contributed by atoms with Crippen molar-refractivity contribution in [2.45, 2.75) is 6.42 Å². The van der Waals surface area contributed by atoms with Gasteiger partial charge in [0.05, 0.1) is 11.9 Å². The molecule has 4 N–H and O–H groups in total. The summed E-state index contributed by atoms with van der Waals surface area (Å²) in [6, 6.07) is 0. The minimum Gasteiger partial charge on any atom is -0.394 e. The van der Waals surface area contributed by atoms with Crippen LogP contribution in [0.3, 0.4) is 0 Å². The zero-order valence-electron chi connectivity index (χ0n) is 8.31. The molecule has 0 saturated heterocycles. The molecule has 0 radical (unpaired) electrons. The Morgan fingerprint density at radius 3 is 3.06 bits per heavy atom. The molecule has 0 amide bonds. The van der Waals surface area contributed by atoms with Gasteiger partial charge in [0.15, 0.2) is 5.82 Å². The van der Waals surface area contributed by atoms with E-state index in [4.69, 9.17) is 17.3 Å². The van der Waals surface area contributed by atoms with Gasteiger partial charge in [0, 0.05) is 13.0 Å². The Labute approximate surface area is 96.5 Å². The third kappa shape index (κ3) is 2.57. The number of nitrogens with zero attached hydrogens (tertiary/aromatic N) is 4. The van der Waals surface area contributed by atoms with Crippen molar-refractivity contribution in [2.24, 2.45) is 0 Å². The molecule has 0 bridgehead atoms. The van der Waals surface area contributed by atoms with Crippen LogP contribution in [0.1, 0.15) is 5.82 Å². The summed E-state index contributed by atoms with van der Waals surface area (Å²) >= 11 is 5.65. The highest BCUT2D eigenvalue weighted by molar-refractivity contribution is 6.28. The number of halogens is 1. The zero-order chi connectivity index (χ0) is 11.4. The van der Waals surface area contributed by atoms with Gasteiger partial charge < -0.3 is 11.1 Å². The summed E-state index contributed by atoms with van der Waals surface area (Å²) in [4.78, 5) is 11.7. The lowest BCUT2D eigenvalue weighted by Crippen LogP contribution is -2.09. The zero-order valence-corrected chi connectivity index (χ0v) is 9.07. The smallest absolute Gasteiger partial charge is 0.224 e. The Morgan fingerprint density at radius 1 is 1.44 bits per heavy atom. The van der Waals surface area contributed by atoms with Crippen LogP contribution in [0.2, 0.25) is 5.28 Å². The van der Waals surface area contributed by atoms with Crippen molar-refractivity contribution in [2.75, 3.05) is 17.6 Å². The molecule has 7 nitrogen and oxygen atoms in total. The highest BCUT2D eigenvalue weighted by atomic mass is 35.5. The molecule has 0 spiro atoms. The van der Waals surface area contributed by atoms with Gasteiger partial charge >= 0.3 is 0 Å². The molecule has 0 aromatic carbocycles. The number of hydrogen-bond donors (Lipinski definition) is 3. The van der Waals surface area contributed by atoms with Crippen LogP contribution < -0.4 is 11.1 Å². The van der Waals surface area contributed by atoms with Gasteiger partial charge in [-0.2, -0.15) is 10.1 Å². The summed E-state index contributed by atoms with van der Waals surface area (Å²) in [5, 5.41) is 9.71. The molecule has 0 saturated carbocycles. The number of H-pyrrole nitrogens is 1. The van der Waals surface area contributed by atoms with Crippen LogP contribution in [0.15, 0.2) is 12.5 Å². The maximum Gasteiger partial charge on any atom is 0.224 e. The second-order valence-electron chi connectivity index (χ2n) is 3.05. The van der Waals surface area contributed by atoms with Crippen molar-refractivity contribution in [3.8, 4) is 0 Å². The minimum absolute atomic E-state index is 0.163. The second kappa shape index (κ2) is 4.75. The summed E-state index contributed by atoms with van der Waals surface area (Å²) in [5.74, 6) is 1.32. The molecular weight excluding hydrogens is 230 g/mol. The lowest BCUT2D eigenvalue weighted by Gasteiger charge is -2.06. The number of hydrogen-bond acceptors (Lipinski definition) is 6. The fraction of sp³-hybridized carbons (Fsp3) is 0.250. The Bertz CT molecular complexity index is 455. The van der Waals surface area contributed by atoms with Gasteiger partial charge in [0.25, 0.3) is 0 Å². The summed E-state index contributed by atoms with van der Waals surface area (Å²) in [6.45, 7) is 0.632. The van der Waals surface area contributed by atoms with Crippen LogP contribution in [0.4, 0.5) is 11.5 Å². The van der Waals surface area contributed by atoms with Crippen molar-refractivity contribution in [3.63, 3.8) is 0 Å². The maximum atomic E-state index is 5.67. The Morgan fingerprint density at radius 2 is 2.31 bits per heavy atom. The molecule has 2 aromatic rings. The number of anilines is 2. The first-order valence-corrected chi connectivity index (χ1v) is 4.99. The summed E-state index contributed by atoms with van der Waals surface area (Å²) in [7, 11) is 0. The normalized spacial score (nSPS) is 10.3.